The van der Waals surface area contributed by atoms with Crippen molar-refractivity contribution in [2.24, 2.45) is 0 Å². The summed E-state index contributed by atoms with van der Waals surface area (Å²) >= 11 is 6.22. The average molecular weight is 498 g/mol. The molecule has 3 aromatic carbocycles. The van der Waals surface area contributed by atoms with Crippen molar-refractivity contribution in [1.82, 2.24) is 9.62 Å². The van der Waals surface area contributed by atoms with Gasteiger partial charge in [0.2, 0.25) is 10.0 Å². The van der Waals surface area contributed by atoms with E-state index in [0.717, 1.165) is 5.56 Å². The average Bonchev–Trinajstić information content (AvgIpc) is 2.85. The molecule has 1 N–H and O–H groups in total. The van der Waals surface area contributed by atoms with Gasteiger partial charge in [0.15, 0.2) is 0 Å². The predicted octanol–water partition coefficient (Wildman–Crippen LogP) is 4.40. The second-order valence-corrected chi connectivity index (χ2v) is 10.6. The van der Waals surface area contributed by atoms with Gasteiger partial charge in [-0.25, -0.2) is 13.1 Å². The Balaban J connectivity index is 1.46. The third-order valence-electron chi connectivity index (χ3n) is 6.26. The molecule has 1 fully saturated rings. The number of benzene rings is 3. The van der Waals surface area contributed by atoms with Crippen molar-refractivity contribution in [3.05, 3.63) is 94.0 Å². The van der Waals surface area contributed by atoms with Crippen LogP contribution in [-0.4, -0.2) is 45.4 Å². The summed E-state index contributed by atoms with van der Waals surface area (Å²) in [5.41, 5.74) is 4.82. The lowest BCUT2D eigenvalue weighted by molar-refractivity contribution is 0.0746. The zero-order chi connectivity index (χ0) is 24.3. The van der Waals surface area contributed by atoms with Gasteiger partial charge in [-0.15, -0.1) is 0 Å². The van der Waals surface area contributed by atoms with Crippen molar-refractivity contribution in [2.75, 3.05) is 31.1 Å². The largest absolute Gasteiger partial charge is 0.368 e. The summed E-state index contributed by atoms with van der Waals surface area (Å²) < 4.78 is 28.4. The van der Waals surface area contributed by atoms with Crippen molar-refractivity contribution in [1.29, 1.82) is 0 Å². The summed E-state index contributed by atoms with van der Waals surface area (Å²) in [5, 5.41) is 0.0804. The van der Waals surface area contributed by atoms with E-state index in [2.05, 4.69) is 41.7 Å². The molecule has 4 rings (SSSR count). The lowest BCUT2D eigenvalue weighted by Gasteiger charge is -2.37. The van der Waals surface area contributed by atoms with E-state index < -0.39 is 10.0 Å². The molecule has 1 heterocycles. The van der Waals surface area contributed by atoms with Crippen LogP contribution in [0.4, 0.5) is 5.69 Å². The second kappa shape index (κ2) is 10.2. The number of hydrogen-bond acceptors (Lipinski definition) is 4. The van der Waals surface area contributed by atoms with E-state index in [4.69, 9.17) is 11.6 Å². The number of piperazine rings is 1. The summed E-state index contributed by atoms with van der Waals surface area (Å²) in [5.74, 6) is -0.197. The maximum atomic E-state index is 13.2. The number of halogens is 1. The minimum atomic E-state index is -3.89. The first-order chi connectivity index (χ1) is 16.3. The van der Waals surface area contributed by atoms with Crippen LogP contribution >= 0.6 is 11.6 Å². The highest BCUT2D eigenvalue weighted by molar-refractivity contribution is 7.89. The fourth-order valence-electron chi connectivity index (χ4n) is 4.11. The van der Waals surface area contributed by atoms with Crippen molar-refractivity contribution >= 4 is 33.2 Å². The molecule has 0 aliphatic carbocycles. The lowest BCUT2D eigenvalue weighted by atomic mass is 10.1. The predicted molar refractivity (Wildman–Crippen MR) is 136 cm³/mol. The molecule has 1 amide bonds. The molecule has 0 atom stereocenters. The normalized spacial score (nSPS) is 14.3. The fraction of sp³-hybridized carbons (Fsp3) is 0.269. The highest BCUT2D eigenvalue weighted by Gasteiger charge is 2.25. The van der Waals surface area contributed by atoms with E-state index in [1.165, 1.54) is 28.9 Å². The molecule has 178 valence electrons. The number of rotatable bonds is 6. The van der Waals surface area contributed by atoms with Gasteiger partial charge >= 0.3 is 0 Å². The molecule has 0 aromatic heterocycles. The van der Waals surface area contributed by atoms with Crippen LogP contribution < -0.4 is 9.62 Å². The van der Waals surface area contributed by atoms with Gasteiger partial charge in [0.25, 0.3) is 5.91 Å². The van der Waals surface area contributed by atoms with Crippen molar-refractivity contribution < 1.29 is 13.2 Å². The molecule has 34 heavy (non-hydrogen) atoms. The number of hydrogen-bond donors (Lipinski definition) is 1. The summed E-state index contributed by atoms with van der Waals surface area (Å²) in [6.07, 6.45) is 0. The Morgan fingerprint density at radius 2 is 1.65 bits per heavy atom. The molecule has 1 aliphatic heterocycles. The van der Waals surface area contributed by atoms with Crippen LogP contribution in [0.3, 0.4) is 0 Å². The SMILES string of the molecule is Cc1cccc(N2CCN(C(=O)c3ccc(Cl)c(S(=O)(=O)NCc4ccccc4)c3)CC2)c1C. The van der Waals surface area contributed by atoms with Gasteiger partial charge in [-0.1, -0.05) is 54.1 Å². The second-order valence-electron chi connectivity index (χ2n) is 8.45. The molecule has 0 unspecified atom stereocenters. The monoisotopic (exact) mass is 497 g/mol. The van der Waals surface area contributed by atoms with E-state index in [1.54, 1.807) is 11.0 Å². The number of aryl methyl sites for hydroxylation is 1. The van der Waals surface area contributed by atoms with E-state index in [-0.39, 0.29) is 22.4 Å². The van der Waals surface area contributed by atoms with Gasteiger partial charge < -0.3 is 9.80 Å². The van der Waals surface area contributed by atoms with E-state index in [0.29, 0.717) is 31.7 Å². The van der Waals surface area contributed by atoms with Gasteiger partial charge in [0, 0.05) is 44.0 Å². The maximum Gasteiger partial charge on any atom is 0.254 e. The summed E-state index contributed by atoms with van der Waals surface area (Å²) in [7, 11) is -3.89. The highest BCUT2D eigenvalue weighted by Crippen LogP contribution is 2.26. The van der Waals surface area contributed by atoms with Gasteiger partial charge in [0.1, 0.15) is 4.90 Å². The Labute approximate surface area is 206 Å². The van der Waals surface area contributed by atoms with Crippen LogP contribution in [0.2, 0.25) is 5.02 Å². The first kappa shape index (κ1) is 24.3. The molecule has 0 spiro atoms. The van der Waals surface area contributed by atoms with Gasteiger partial charge in [-0.2, -0.15) is 0 Å². The van der Waals surface area contributed by atoms with Crippen LogP contribution in [-0.2, 0) is 16.6 Å². The standard InChI is InChI=1S/C26H28ClN3O3S/c1-19-7-6-10-24(20(19)2)29-13-15-30(16-14-29)26(31)22-11-12-23(27)25(17-22)34(32,33)28-18-21-8-4-3-5-9-21/h3-12,17,28H,13-16,18H2,1-2H3. The third-order valence-corrected chi connectivity index (χ3v) is 8.14. The Bertz CT molecular complexity index is 1290. The molecule has 1 saturated heterocycles. The van der Waals surface area contributed by atoms with Gasteiger partial charge in [-0.05, 0) is 54.8 Å². The van der Waals surface area contributed by atoms with Gasteiger partial charge in [0.05, 0.1) is 5.02 Å². The van der Waals surface area contributed by atoms with Crippen LogP contribution in [0.5, 0.6) is 0 Å². The Hall–Kier alpha value is -2.87. The van der Waals surface area contributed by atoms with E-state index >= 15 is 0 Å². The third kappa shape index (κ3) is 5.27. The van der Waals surface area contributed by atoms with Gasteiger partial charge in [-0.3, -0.25) is 4.79 Å². The summed E-state index contributed by atoms with van der Waals surface area (Å²) in [6.45, 7) is 6.90. The van der Waals surface area contributed by atoms with Crippen molar-refractivity contribution in [3.8, 4) is 0 Å². The van der Waals surface area contributed by atoms with Crippen LogP contribution in [0.1, 0.15) is 27.0 Å². The number of carbonyl (C=O) groups is 1. The van der Waals surface area contributed by atoms with Crippen LogP contribution in [0.15, 0.2) is 71.6 Å². The number of amides is 1. The minimum absolute atomic E-state index is 0.0804. The number of nitrogens with zero attached hydrogens (tertiary/aromatic N) is 2. The highest BCUT2D eigenvalue weighted by atomic mass is 35.5. The number of carbonyl (C=O) groups excluding carboxylic acids is 1. The fourth-order valence-corrected chi connectivity index (χ4v) is 5.65. The minimum Gasteiger partial charge on any atom is -0.368 e. The molecular formula is C26H28ClN3O3S. The topological polar surface area (TPSA) is 69.7 Å². The van der Waals surface area contributed by atoms with Crippen molar-refractivity contribution in [3.63, 3.8) is 0 Å². The molecule has 6 nitrogen and oxygen atoms in total. The Morgan fingerprint density at radius 1 is 0.941 bits per heavy atom. The zero-order valence-electron chi connectivity index (χ0n) is 19.3. The summed E-state index contributed by atoms with van der Waals surface area (Å²) in [4.78, 5) is 17.1. The molecule has 1 aliphatic rings. The maximum absolute atomic E-state index is 13.2. The molecule has 8 heteroatoms. The van der Waals surface area contributed by atoms with Crippen LogP contribution in [0, 0.1) is 13.8 Å². The first-order valence-corrected chi connectivity index (χ1v) is 13.1. The molecular weight excluding hydrogens is 470 g/mol. The number of nitrogens with one attached hydrogen (secondary N) is 1. The first-order valence-electron chi connectivity index (χ1n) is 11.2. The molecule has 3 aromatic rings. The number of anilines is 1. The summed E-state index contributed by atoms with van der Waals surface area (Å²) in [6, 6.07) is 19.9. The number of sulfonamides is 1. The molecule has 0 radical (unpaired) electrons. The van der Waals surface area contributed by atoms with E-state index in [9.17, 15) is 13.2 Å². The smallest absolute Gasteiger partial charge is 0.254 e. The Kier molecular flexibility index (Phi) is 7.26. The molecule has 0 saturated carbocycles. The van der Waals surface area contributed by atoms with Crippen molar-refractivity contribution in [2.45, 2.75) is 25.3 Å². The van der Waals surface area contributed by atoms with E-state index in [1.807, 2.05) is 30.3 Å². The zero-order valence-corrected chi connectivity index (χ0v) is 20.9. The van der Waals surface area contributed by atoms with Crippen LogP contribution in [0.25, 0.3) is 0 Å². The lowest BCUT2D eigenvalue weighted by Crippen LogP contribution is -2.49. The quantitative estimate of drug-likeness (QED) is 0.548. The molecule has 0 bridgehead atoms. The Morgan fingerprint density at radius 3 is 2.35 bits per heavy atom.